The summed E-state index contributed by atoms with van der Waals surface area (Å²) in [5.41, 5.74) is 17.6. The lowest BCUT2D eigenvalue weighted by Crippen LogP contribution is -2.09. The van der Waals surface area contributed by atoms with Crippen LogP contribution in [0.2, 0.25) is 0 Å². The molecule has 0 fully saturated rings. The minimum atomic E-state index is 1.09. The van der Waals surface area contributed by atoms with Crippen molar-refractivity contribution in [2.75, 3.05) is 4.90 Å². The number of hydrogen-bond acceptors (Lipinski definition) is 1. The van der Waals surface area contributed by atoms with Gasteiger partial charge in [0.1, 0.15) is 0 Å². The third-order valence-electron chi connectivity index (χ3n) is 12.6. The van der Waals surface area contributed by atoms with Gasteiger partial charge in [-0.3, -0.25) is 0 Å². The second-order valence-corrected chi connectivity index (χ2v) is 16.2. The number of anilines is 3. The van der Waals surface area contributed by atoms with Crippen LogP contribution in [-0.4, -0.2) is 9.13 Å². The molecule has 0 N–H and O–H groups in total. The van der Waals surface area contributed by atoms with Crippen molar-refractivity contribution in [3.63, 3.8) is 0 Å². The molecule has 2 aromatic heterocycles. The standard InChI is InChI=1S/C60H41N3/c1-2-12-42(13-3-1)43-22-32-48(33-23-43)61(49-34-24-44(25-35-49)46-28-38-51(39-29-46)62-57-18-8-4-14-53(57)54-15-5-9-19-58(54)62)50-36-26-45(27-37-50)47-30-40-52(41-31-47)63-59-20-10-6-16-55(59)56-17-7-11-21-60(56)63/h1-41H. The second-order valence-electron chi connectivity index (χ2n) is 16.2. The monoisotopic (exact) mass is 803 g/mol. The number of fused-ring (bicyclic) bond motifs is 6. The lowest BCUT2D eigenvalue weighted by atomic mass is 10.0. The molecule has 0 saturated carbocycles. The average Bonchev–Trinajstić information content (AvgIpc) is 3.88. The molecule has 0 aliphatic rings. The lowest BCUT2D eigenvalue weighted by Gasteiger charge is -2.26. The number of benzene rings is 10. The SMILES string of the molecule is c1ccc(-c2ccc(N(c3ccc(-c4ccc(-n5c6ccccc6c6ccccc65)cc4)cc3)c3ccc(-c4ccc(-n5c6ccccc6c6ccccc65)cc4)cc3)cc2)cc1. The Morgan fingerprint density at radius 2 is 0.444 bits per heavy atom. The molecule has 0 bridgehead atoms. The first-order valence-electron chi connectivity index (χ1n) is 21.6. The van der Waals surface area contributed by atoms with Crippen LogP contribution in [0.5, 0.6) is 0 Å². The summed E-state index contributed by atoms with van der Waals surface area (Å²) >= 11 is 0. The van der Waals surface area contributed by atoms with Crippen LogP contribution in [0.4, 0.5) is 17.1 Å². The number of nitrogens with zero attached hydrogens (tertiary/aromatic N) is 3. The van der Waals surface area contributed by atoms with E-state index in [4.69, 9.17) is 0 Å². The molecule has 0 amide bonds. The molecular weight excluding hydrogens is 763 g/mol. The van der Waals surface area contributed by atoms with Gasteiger partial charge in [-0.2, -0.15) is 0 Å². The largest absolute Gasteiger partial charge is 0.311 e. The Balaban J connectivity index is 0.864. The summed E-state index contributed by atoms with van der Waals surface area (Å²) in [4.78, 5) is 2.35. The zero-order valence-electron chi connectivity index (χ0n) is 34.5. The summed E-state index contributed by atoms with van der Waals surface area (Å²) in [6.07, 6.45) is 0. The quantitative estimate of drug-likeness (QED) is 0.149. The van der Waals surface area contributed by atoms with Crippen LogP contribution in [0.3, 0.4) is 0 Å². The highest BCUT2D eigenvalue weighted by Gasteiger charge is 2.16. The van der Waals surface area contributed by atoms with E-state index in [0.717, 1.165) is 28.4 Å². The Morgan fingerprint density at radius 3 is 0.746 bits per heavy atom. The van der Waals surface area contributed by atoms with Gasteiger partial charge in [0.15, 0.2) is 0 Å². The van der Waals surface area contributed by atoms with Gasteiger partial charge >= 0.3 is 0 Å². The van der Waals surface area contributed by atoms with Crippen molar-refractivity contribution in [3.8, 4) is 44.8 Å². The van der Waals surface area contributed by atoms with Gasteiger partial charge in [-0.15, -0.1) is 0 Å². The highest BCUT2D eigenvalue weighted by molar-refractivity contribution is 6.10. The first kappa shape index (κ1) is 36.5. The minimum absolute atomic E-state index is 1.09. The van der Waals surface area contributed by atoms with Crippen LogP contribution in [0, 0.1) is 0 Å². The van der Waals surface area contributed by atoms with E-state index in [2.05, 4.69) is 263 Å². The molecule has 12 rings (SSSR count). The Hall–Kier alpha value is -8.40. The highest BCUT2D eigenvalue weighted by Crippen LogP contribution is 2.39. The summed E-state index contributed by atoms with van der Waals surface area (Å²) in [5.74, 6) is 0. The topological polar surface area (TPSA) is 13.1 Å². The summed E-state index contributed by atoms with van der Waals surface area (Å²) in [7, 11) is 0. The van der Waals surface area contributed by atoms with E-state index in [9.17, 15) is 0 Å². The molecule has 0 atom stereocenters. The van der Waals surface area contributed by atoms with E-state index in [1.54, 1.807) is 0 Å². The molecule has 12 aromatic rings. The van der Waals surface area contributed by atoms with Gasteiger partial charge in [0.05, 0.1) is 22.1 Å². The molecule has 296 valence electrons. The van der Waals surface area contributed by atoms with Gasteiger partial charge in [-0.1, -0.05) is 164 Å². The first-order chi connectivity index (χ1) is 31.2. The fourth-order valence-corrected chi connectivity index (χ4v) is 9.49. The third kappa shape index (κ3) is 6.38. The Morgan fingerprint density at radius 1 is 0.206 bits per heavy atom. The molecule has 0 aliphatic carbocycles. The van der Waals surface area contributed by atoms with E-state index in [1.165, 1.54) is 77.0 Å². The number of hydrogen-bond donors (Lipinski definition) is 0. The van der Waals surface area contributed by atoms with Crippen LogP contribution in [0.1, 0.15) is 0 Å². The first-order valence-corrected chi connectivity index (χ1v) is 21.6. The van der Waals surface area contributed by atoms with Crippen molar-refractivity contribution in [1.82, 2.24) is 9.13 Å². The summed E-state index contributed by atoms with van der Waals surface area (Å²) in [5, 5.41) is 5.08. The summed E-state index contributed by atoms with van der Waals surface area (Å²) < 4.78 is 4.73. The predicted octanol–water partition coefficient (Wildman–Crippen LogP) is 16.4. The average molecular weight is 804 g/mol. The second kappa shape index (κ2) is 15.3. The molecule has 3 nitrogen and oxygen atoms in total. The maximum atomic E-state index is 2.37. The van der Waals surface area contributed by atoms with Crippen LogP contribution in [0.15, 0.2) is 249 Å². The maximum absolute atomic E-state index is 2.37. The number of rotatable bonds is 8. The van der Waals surface area contributed by atoms with Crippen molar-refractivity contribution < 1.29 is 0 Å². The fraction of sp³-hybridized carbons (Fsp3) is 0. The van der Waals surface area contributed by atoms with E-state index >= 15 is 0 Å². The zero-order valence-corrected chi connectivity index (χ0v) is 34.5. The highest BCUT2D eigenvalue weighted by atomic mass is 15.1. The molecule has 0 saturated heterocycles. The van der Waals surface area contributed by atoms with Gasteiger partial charge in [-0.25, -0.2) is 0 Å². The molecule has 10 aromatic carbocycles. The molecule has 0 radical (unpaired) electrons. The lowest BCUT2D eigenvalue weighted by molar-refractivity contribution is 1.18. The smallest absolute Gasteiger partial charge is 0.0541 e. The Kier molecular flexibility index (Phi) is 8.83. The van der Waals surface area contributed by atoms with Crippen LogP contribution >= 0.6 is 0 Å². The summed E-state index contributed by atoms with van der Waals surface area (Å²) in [6.45, 7) is 0. The third-order valence-corrected chi connectivity index (χ3v) is 12.6. The number of aromatic nitrogens is 2. The molecule has 2 heterocycles. The van der Waals surface area contributed by atoms with Crippen molar-refractivity contribution in [2.24, 2.45) is 0 Å². The molecular formula is C60H41N3. The Bertz CT molecular complexity index is 3250. The Labute approximate surface area is 366 Å². The zero-order chi connectivity index (χ0) is 41.7. The van der Waals surface area contributed by atoms with Gasteiger partial charge in [0.2, 0.25) is 0 Å². The van der Waals surface area contributed by atoms with Crippen molar-refractivity contribution >= 4 is 60.7 Å². The van der Waals surface area contributed by atoms with E-state index in [-0.39, 0.29) is 0 Å². The van der Waals surface area contributed by atoms with Gasteiger partial charge in [0.25, 0.3) is 0 Å². The van der Waals surface area contributed by atoms with E-state index in [1.807, 2.05) is 0 Å². The van der Waals surface area contributed by atoms with Gasteiger partial charge in [0, 0.05) is 50.0 Å². The minimum Gasteiger partial charge on any atom is -0.311 e. The van der Waals surface area contributed by atoms with E-state index in [0.29, 0.717) is 0 Å². The molecule has 63 heavy (non-hydrogen) atoms. The maximum Gasteiger partial charge on any atom is 0.0541 e. The number of para-hydroxylation sites is 4. The van der Waals surface area contributed by atoms with Crippen LogP contribution < -0.4 is 4.90 Å². The van der Waals surface area contributed by atoms with Crippen molar-refractivity contribution in [1.29, 1.82) is 0 Å². The van der Waals surface area contributed by atoms with E-state index < -0.39 is 0 Å². The fourth-order valence-electron chi connectivity index (χ4n) is 9.49. The normalized spacial score (nSPS) is 11.5. The molecule has 0 unspecified atom stereocenters. The summed E-state index contributed by atoms with van der Waals surface area (Å²) in [6, 6.07) is 89.9. The predicted molar refractivity (Wildman–Crippen MR) is 266 cm³/mol. The van der Waals surface area contributed by atoms with Crippen LogP contribution in [0.25, 0.3) is 88.4 Å². The van der Waals surface area contributed by atoms with Gasteiger partial charge in [-0.05, 0) is 118 Å². The van der Waals surface area contributed by atoms with Crippen molar-refractivity contribution in [2.45, 2.75) is 0 Å². The molecule has 3 heteroatoms. The van der Waals surface area contributed by atoms with Crippen molar-refractivity contribution in [3.05, 3.63) is 249 Å². The van der Waals surface area contributed by atoms with Gasteiger partial charge < -0.3 is 14.0 Å². The molecule has 0 spiro atoms. The molecule has 0 aliphatic heterocycles. The van der Waals surface area contributed by atoms with Crippen LogP contribution in [-0.2, 0) is 0 Å².